The van der Waals surface area contributed by atoms with Gasteiger partial charge < -0.3 is 5.32 Å². The first-order chi connectivity index (χ1) is 10.00. The van der Waals surface area contributed by atoms with E-state index in [-0.39, 0.29) is 11.7 Å². The van der Waals surface area contributed by atoms with Crippen molar-refractivity contribution in [3.63, 3.8) is 0 Å². The molecule has 0 aliphatic carbocycles. The van der Waals surface area contributed by atoms with Gasteiger partial charge in [0.1, 0.15) is 0 Å². The molecule has 0 heterocycles. The zero-order valence-corrected chi connectivity index (χ0v) is 13.6. The van der Waals surface area contributed by atoms with Crippen molar-refractivity contribution in [2.45, 2.75) is 26.2 Å². The van der Waals surface area contributed by atoms with Gasteiger partial charge in [-0.3, -0.25) is 9.52 Å². The van der Waals surface area contributed by atoms with Crippen LogP contribution in [0.3, 0.4) is 0 Å². The number of para-hydroxylation sites is 1. The van der Waals surface area contributed by atoms with Crippen LogP contribution in [0.2, 0.25) is 0 Å². The van der Waals surface area contributed by atoms with Gasteiger partial charge in [-0.25, -0.2) is 8.42 Å². The maximum absolute atomic E-state index is 12.0. The normalized spacial score (nSPS) is 11.1. The number of sulfonamides is 1. The molecule has 0 aliphatic rings. The highest BCUT2D eigenvalue weighted by Gasteiger charge is 2.15. The third-order valence-corrected chi connectivity index (χ3v) is 4.39. The molecule has 1 aromatic rings. The number of hydrogen-bond acceptors (Lipinski definition) is 3. The molecule has 0 saturated carbocycles. The van der Waals surface area contributed by atoms with E-state index in [9.17, 15) is 13.2 Å². The molecule has 0 unspecified atom stereocenters. The highest BCUT2D eigenvalue weighted by molar-refractivity contribution is 7.92. The van der Waals surface area contributed by atoms with Gasteiger partial charge in [-0.05, 0) is 31.4 Å². The van der Waals surface area contributed by atoms with Crippen LogP contribution >= 0.6 is 11.6 Å². The molecule has 21 heavy (non-hydrogen) atoms. The lowest BCUT2D eigenvalue weighted by molar-refractivity contribution is 0.0954. The lowest BCUT2D eigenvalue weighted by Crippen LogP contribution is -2.26. The Hall–Kier alpha value is -1.27. The Balaban J connectivity index is 2.81. The van der Waals surface area contributed by atoms with Gasteiger partial charge in [0.25, 0.3) is 5.91 Å². The molecular formula is C14H21ClN2O3S. The highest BCUT2D eigenvalue weighted by Crippen LogP contribution is 2.17. The monoisotopic (exact) mass is 332 g/mol. The standard InChI is InChI=1S/C14H21ClN2O3S/c1-2-10-16-14(18)12-7-3-4-8-13(12)17-21(19,20)11-6-5-9-15/h3-4,7-8,17H,2,5-6,9-11H2,1H3,(H,16,18). The molecule has 1 amide bonds. The number of hydrogen-bond donors (Lipinski definition) is 2. The number of carbonyl (C=O) groups is 1. The van der Waals surface area contributed by atoms with Crippen LogP contribution in [0.25, 0.3) is 0 Å². The summed E-state index contributed by atoms with van der Waals surface area (Å²) in [5.41, 5.74) is 0.629. The zero-order valence-electron chi connectivity index (χ0n) is 12.1. The minimum atomic E-state index is -3.47. The number of unbranched alkanes of at least 4 members (excludes halogenated alkanes) is 1. The average Bonchev–Trinajstić information content (AvgIpc) is 2.45. The Labute approximate surface area is 131 Å². The van der Waals surface area contributed by atoms with Crippen LogP contribution in [-0.2, 0) is 10.0 Å². The number of halogens is 1. The summed E-state index contributed by atoms with van der Waals surface area (Å²) >= 11 is 5.54. The van der Waals surface area contributed by atoms with E-state index in [1.165, 1.54) is 0 Å². The number of alkyl halides is 1. The number of benzene rings is 1. The molecule has 2 N–H and O–H groups in total. The largest absolute Gasteiger partial charge is 0.352 e. The van der Waals surface area contributed by atoms with Crippen molar-refractivity contribution in [2.24, 2.45) is 0 Å². The Kier molecular flexibility index (Phi) is 7.53. The molecule has 0 aliphatic heterocycles. The van der Waals surface area contributed by atoms with E-state index in [0.29, 0.717) is 36.5 Å². The van der Waals surface area contributed by atoms with Crippen molar-refractivity contribution < 1.29 is 13.2 Å². The van der Waals surface area contributed by atoms with E-state index in [4.69, 9.17) is 11.6 Å². The predicted octanol–water partition coefficient (Wildman–Crippen LogP) is 2.59. The van der Waals surface area contributed by atoms with Crippen LogP contribution in [0.15, 0.2) is 24.3 Å². The molecule has 0 bridgehead atoms. The maximum atomic E-state index is 12.0. The second-order valence-electron chi connectivity index (χ2n) is 4.62. The van der Waals surface area contributed by atoms with E-state index in [0.717, 1.165) is 6.42 Å². The maximum Gasteiger partial charge on any atom is 0.253 e. The smallest absolute Gasteiger partial charge is 0.253 e. The topological polar surface area (TPSA) is 75.3 Å². The van der Waals surface area contributed by atoms with Gasteiger partial charge in [0.15, 0.2) is 0 Å². The van der Waals surface area contributed by atoms with Crippen LogP contribution in [0, 0.1) is 0 Å². The molecule has 1 aromatic carbocycles. The van der Waals surface area contributed by atoms with E-state index in [1.807, 2.05) is 6.92 Å². The SMILES string of the molecule is CCCNC(=O)c1ccccc1NS(=O)(=O)CCCCCl. The van der Waals surface area contributed by atoms with E-state index >= 15 is 0 Å². The molecule has 0 atom stereocenters. The van der Waals surface area contributed by atoms with Crippen LogP contribution in [-0.4, -0.2) is 32.5 Å². The van der Waals surface area contributed by atoms with Crippen molar-refractivity contribution in [3.8, 4) is 0 Å². The lowest BCUT2D eigenvalue weighted by Gasteiger charge is -2.12. The number of amides is 1. The molecule has 5 nitrogen and oxygen atoms in total. The van der Waals surface area contributed by atoms with Gasteiger partial charge in [-0.2, -0.15) is 0 Å². The number of nitrogens with one attached hydrogen (secondary N) is 2. The second kappa shape index (κ2) is 8.89. The summed E-state index contributed by atoms with van der Waals surface area (Å²) in [7, 11) is -3.47. The first-order valence-electron chi connectivity index (χ1n) is 6.94. The summed E-state index contributed by atoms with van der Waals surface area (Å²) in [6, 6.07) is 6.57. The van der Waals surface area contributed by atoms with E-state index in [2.05, 4.69) is 10.0 Å². The minimum absolute atomic E-state index is 0.00929. The van der Waals surface area contributed by atoms with Gasteiger partial charge in [0.2, 0.25) is 10.0 Å². The Morgan fingerprint density at radius 1 is 1.24 bits per heavy atom. The fourth-order valence-corrected chi connectivity index (χ4v) is 3.10. The van der Waals surface area contributed by atoms with Crippen molar-refractivity contribution in [1.82, 2.24) is 5.32 Å². The van der Waals surface area contributed by atoms with E-state index in [1.54, 1.807) is 24.3 Å². The van der Waals surface area contributed by atoms with Crippen molar-refractivity contribution in [3.05, 3.63) is 29.8 Å². The van der Waals surface area contributed by atoms with Crippen LogP contribution in [0.1, 0.15) is 36.5 Å². The van der Waals surface area contributed by atoms with Gasteiger partial charge in [0.05, 0.1) is 17.0 Å². The summed E-state index contributed by atoms with van der Waals surface area (Å²) < 4.78 is 26.4. The fourth-order valence-electron chi connectivity index (χ4n) is 1.71. The van der Waals surface area contributed by atoms with Gasteiger partial charge in [-0.15, -0.1) is 11.6 Å². The third kappa shape index (κ3) is 6.35. The second-order valence-corrected chi connectivity index (χ2v) is 6.84. The molecular weight excluding hydrogens is 312 g/mol. The summed E-state index contributed by atoms with van der Waals surface area (Å²) in [6.07, 6.45) is 1.95. The van der Waals surface area contributed by atoms with Crippen LogP contribution in [0.4, 0.5) is 5.69 Å². The number of rotatable bonds is 9. The molecule has 0 spiro atoms. The number of anilines is 1. The fraction of sp³-hybridized carbons (Fsp3) is 0.500. The number of carbonyl (C=O) groups excluding carboxylic acids is 1. The summed E-state index contributed by atoms with van der Waals surface area (Å²) in [5.74, 6) is 0.145. The lowest BCUT2D eigenvalue weighted by atomic mass is 10.1. The molecule has 0 radical (unpaired) electrons. The quantitative estimate of drug-likeness (QED) is 0.539. The Morgan fingerprint density at radius 3 is 2.62 bits per heavy atom. The van der Waals surface area contributed by atoms with Gasteiger partial charge in [-0.1, -0.05) is 19.1 Å². The summed E-state index contributed by atoms with van der Waals surface area (Å²) in [6.45, 7) is 2.50. The van der Waals surface area contributed by atoms with Crippen LogP contribution in [0.5, 0.6) is 0 Å². The van der Waals surface area contributed by atoms with Gasteiger partial charge >= 0.3 is 0 Å². The molecule has 0 aromatic heterocycles. The minimum Gasteiger partial charge on any atom is -0.352 e. The van der Waals surface area contributed by atoms with E-state index < -0.39 is 10.0 Å². The average molecular weight is 333 g/mol. The van der Waals surface area contributed by atoms with Crippen molar-refractivity contribution >= 4 is 33.2 Å². The third-order valence-electron chi connectivity index (χ3n) is 2.77. The first-order valence-corrected chi connectivity index (χ1v) is 9.12. The van der Waals surface area contributed by atoms with Gasteiger partial charge in [0, 0.05) is 12.4 Å². The Morgan fingerprint density at radius 2 is 1.95 bits per heavy atom. The summed E-state index contributed by atoms with van der Waals surface area (Å²) in [5, 5.41) is 2.74. The molecule has 7 heteroatoms. The van der Waals surface area contributed by atoms with Crippen molar-refractivity contribution in [2.75, 3.05) is 22.9 Å². The molecule has 0 saturated heterocycles. The molecule has 1 rings (SSSR count). The van der Waals surface area contributed by atoms with Crippen LogP contribution < -0.4 is 10.0 Å². The molecule has 118 valence electrons. The molecule has 0 fully saturated rings. The Bertz CT molecular complexity index is 561. The summed E-state index contributed by atoms with van der Waals surface area (Å²) in [4.78, 5) is 12.0. The zero-order chi connectivity index (χ0) is 15.7. The first kappa shape index (κ1) is 17.8. The van der Waals surface area contributed by atoms with Crippen molar-refractivity contribution in [1.29, 1.82) is 0 Å². The highest BCUT2D eigenvalue weighted by atomic mass is 35.5. The predicted molar refractivity (Wildman–Crippen MR) is 86.4 cm³/mol.